The Kier molecular flexibility index (Phi) is 6.40. The van der Waals surface area contributed by atoms with Gasteiger partial charge in [-0.3, -0.25) is 9.59 Å². The Morgan fingerprint density at radius 1 is 1.07 bits per heavy atom. The van der Waals surface area contributed by atoms with Crippen molar-refractivity contribution in [2.75, 3.05) is 31.9 Å². The molecule has 0 spiro atoms. The number of rotatable bonds is 5. The molecule has 0 unspecified atom stereocenters. The summed E-state index contributed by atoms with van der Waals surface area (Å²) in [6.07, 6.45) is 0. The maximum absolute atomic E-state index is 12.6. The van der Waals surface area contributed by atoms with Crippen LogP contribution < -0.4 is 0 Å². The van der Waals surface area contributed by atoms with Crippen LogP contribution in [0.5, 0.6) is 0 Å². The van der Waals surface area contributed by atoms with Gasteiger partial charge in [-0.25, -0.2) is 0 Å². The van der Waals surface area contributed by atoms with E-state index in [1.54, 1.807) is 9.80 Å². The highest BCUT2D eigenvalue weighted by atomic mass is 35.5. The molecular weight excluding hydrogens is 442 g/mol. The minimum Gasteiger partial charge on any atom is -0.338 e. The second kappa shape index (κ2) is 9.20. The van der Waals surface area contributed by atoms with E-state index >= 15 is 0 Å². The fraction of sp³-hybridized carbons (Fsp3) is 0.300. The van der Waals surface area contributed by atoms with Gasteiger partial charge in [-0.1, -0.05) is 41.6 Å². The first-order valence-electron chi connectivity index (χ1n) is 9.42. The monoisotopic (exact) mass is 461 g/mol. The van der Waals surface area contributed by atoms with E-state index in [9.17, 15) is 9.59 Å². The van der Waals surface area contributed by atoms with Crippen molar-refractivity contribution in [2.24, 2.45) is 7.05 Å². The third-order valence-electron chi connectivity index (χ3n) is 4.93. The molecule has 0 bridgehead atoms. The van der Waals surface area contributed by atoms with Crippen molar-refractivity contribution in [1.82, 2.24) is 24.6 Å². The first-order chi connectivity index (χ1) is 14.5. The summed E-state index contributed by atoms with van der Waals surface area (Å²) < 4.78 is 1.84. The van der Waals surface area contributed by atoms with Gasteiger partial charge in [0.2, 0.25) is 5.91 Å². The van der Waals surface area contributed by atoms with Crippen molar-refractivity contribution in [3.05, 3.63) is 51.7 Å². The van der Waals surface area contributed by atoms with Crippen molar-refractivity contribution in [3.63, 3.8) is 0 Å². The lowest BCUT2D eigenvalue weighted by molar-refractivity contribution is -0.129. The minimum atomic E-state index is 0.0329. The average Bonchev–Trinajstić information content (AvgIpc) is 3.42. The van der Waals surface area contributed by atoms with E-state index < -0.39 is 0 Å². The molecule has 1 fully saturated rings. The summed E-state index contributed by atoms with van der Waals surface area (Å²) >= 11 is 9.05. The molecule has 2 amide bonds. The SMILES string of the molecule is Cn1c(SCC(=O)N2CCN(C(=O)c3cccs3)CC2)nnc1-c1ccccc1Cl. The molecule has 1 aliphatic rings. The predicted octanol–water partition coefficient (Wildman–Crippen LogP) is 3.27. The molecular formula is C20H20ClN5O2S2. The molecule has 1 aliphatic heterocycles. The minimum absolute atomic E-state index is 0.0329. The van der Waals surface area contributed by atoms with Crippen LogP contribution in [0.25, 0.3) is 11.4 Å². The molecule has 4 rings (SSSR count). The lowest BCUT2D eigenvalue weighted by Gasteiger charge is -2.34. The number of carbonyl (C=O) groups is 2. The molecule has 10 heteroatoms. The quantitative estimate of drug-likeness (QED) is 0.545. The first-order valence-corrected chi connectivity index (χ1v) is 11.7. The van der Waals surface area contributed by atoms with Gasteiger partial charge in [-0.15, -0.1) is 21.5 Å². The Balaban J connectivity index is 1.32. The van der Waals surface area contributed by atoms with Crippen LogP contribution in [0.1, 0.15) is 9.67 Å². The number of hydrogen-bond acceptors (Lipinski definition) is 6. The van der Waals surface area contributed by atoms with Crippen molar-refractivity contribution < 1.29 is 9.59 Å². The summed E-state index contributed by atoms with van der Waals surface area (Å²) in [5.41, 5.74) is 0.805. The predicted molar refractivity (Wildman–Crippen MR) is 119 cm³/mol. The summed E-state index contributed by atoms with van der Waals surface area (Å²) in [5, 5.41) is 11.6. The van der Waals surface area contributed by atoms with Gasteiger partial charge in [0.05, 0.1) is 15.7 Å². The number of carbonyl (C=O) groups excluding carboxylic acids is 2. The number of thioether (sulfide) groups is 1. The Morgan fingerprint density at radius 3 is 2.50 bits per heavy atom. The molecule has 1 aromatic carbocycles. The third kappa shape index (κ3) is 4.38. The number of nitrogens with zero attached hydrogens (tertiary/aromatic N) is 5. The molecule has 3 aromatic rings. The van der Waals surface area contributed by atoms with E-state index in [1.165, 1.54) is 23.1 Å². The highest BCUT2D eigenvalue weighted by Crippen LogP contribution is 2.28. The summed E-state index contributed by atoms with van der Waals surface area (Å²) in [6, 6.07) is 11.2. The number of hydrogen-bond donors (Lipinski definition) is 0. The fourth-order valence-electron chi connectivity index (χ4n) is 3.25. The van der Waals surface area contributed by atoms with Gasteiger partial charge in [0.1, 0.15) is 0 Å². The molecule has 0 aliphatic carbocycles. The fourth-order valence-corrected chi connectivity index (χ4v) is 4.98. The molecule has 156 valence electrons. The number of benzene rings is 1. The summed E-state index contributed by atoms with van der Waals surface area (Å²) in [7, 11) is 1.86. The van der Waals surface area contributed by atoms with Gasteiger partial charge < -0.3 is 14.4 Å². The maximum Gasteiger partial charge on any atom is 0.264 e. The van der Waals surface area contributed by atoms with Crippen LogP contribution in [0, 0.1) is 0 Å². The van der Waals surface area contributed by atoms with Crippen molar-refractivity contribution in [3.8, 4) is 11.4 Å². The Morgan fingerprint density at radius 2 is 1.80 bits per heavy atom. The van der Waals surface area contributed by atoms with Gasteiger partial charge in [-0.2, -0.15) is 0 Å². The lowest BCUT2D eigenvalue weighted by Crippen LogP contribution is -2.51. The number of amides is 2. The highest BCUT2D eigenvalue weighted by Gasteiger charge is 2.25. The number of aromatic nitrogens is 3. The maximum atomic E-state index is 12.6. The molecule has 0 N–H and O–H groups in total. The average molecular weight is 462 g/mol. The Bertz CT molecular complexity index is 1050. The van der Waals surface area contributed by atoms with Crippen LogP contribution in [0.4, 0.5) is 0 Å². The highest BCUT2D eigenvalue weighted by molar-refractivity contribution is 7.99. The molecule has 3 heterocycles. The van der Waals surface area contributed by atoms with E-state index in [0.717, 1.165) is 10.4 Å². The van der Waals surface area contributed by atoms with Gasteiger partial charge in [0.15, 0.2) is 11.0 Å². The van der Waals surface area contributed by atoms with Crippen LogP contribution in [0.3, 0.4) is 0 Å². The molecule has 2 aromatic heterocycles. The number of piperazine rings is 1. The molecule has 0 radical (unpaired) electrons. The summed E-state index contributed by atoms with van der Waals surface area (Å²) in [5.74, 6) is 1.01. The number of thiophene rings is 1. The van der Waals surface area contributed by atoms with Crippen LogP contribution in [-0.4, -0.2) is 68.3 Å². The van der Waals surface area contributed by atoms with Crippen LogP contribution in [0.15, 0.2) is 46.9 Å². The zero-order valence-electron chi connectivity index (χ0n) is 16.3. The van der Waals surface area contributed by atoms with Gasteiger partial charge in [0, 0.05) is 38.8 Å². The Labute approximate surface area is 187 Å². The van der Waals surface area contributed by atoms with E-state index in [2.05, 4.69) is 10.2 Å². The zero-order valence-corrected chi connectivity index (χ0v) is 18.7. The van der Waals surface area contributed by atoms with Gasteiger partial charge >= 0.3 is 0 Å². The second-order valence-electron chi connectivity index (χ2n) is 6.78. The molecule has 30 heavy (non-hydrogen) atoms. The standard InChI is InChI=1S/C20H20ClN5O2S2/c1-24-18(14-5-2-3-6-15(14)21)22-23-20(24)30-13-17(27)25-8-10-26(11-9-25)19(28)16-7-4-12-29-16/h2-7,12H,8-11,13H2,1H3. The molecule has 0 saturated carbocycles. The van der Waals surface area contributed by atoms with E-state index in [-0.39, 0.29) is 17.6 Å². The molecule has 0 atom stereocenters. The lowest BCUT2D eigenvalue weighted by atomic mass is 10.2. The first kappa shape index (κ1) is 20.9. The van der Waals surface area contributed by atoms with Crippen LogP contribution >= 0.6 is 34.7 Å². The zero-order chi connectivity index (χ0) is 21.1. The topological polar surface area (TPSA) is 71.3 Å². The summed E-state index contributed by atoms with van der Waals surface area (Å²) in [4.78, 5) is 29.4. The van der Waals surface area contributed by atoms with E-state index in [4.69, 9.17) is 11.6 Å². The van der Waals surface area contributed by atoms with Crippen LogP contribution in [0.2, 0.25) is 5.02 Å². The van der Waals surface area contributed by atoms with Gasteiger partial charge in [-0.05, 0) is 23.6 Å². The molecule has 7 nitrogen and oxygen atoms in total. The molecule has 1 saturated heterocycles. The number of halogens is 1. The summed E-state index contributed by atoms with van der Waals surface area (Å²) in [6.45, 7) is 2.18. The van der Waals surface area contributed by atoms with Gasteiger partial charge in [0.25, 0.3) is 5.91 Å². The van der Waals surface area contributed by atoms with Crippen molar-refractivity contribution in [1.29, 1.82) is 0 Å². The van der Waals surface area contributed by atoms with Crippen molar-refractivity contribution in [2.45, 2.75) is 5.16 Å². The Hall–Kier alpha value is -2.36. The van der Waals surface area contributed by atoms with E-state index in [0.29, 0.717) is 42.2 Å². The van der Waals surface area contributed by atoms with E-state index in [1.807, 2.05) is 53.4 Å². The van der Waals surface area contributed by atoms with Crippen molar-refractivity contribution >= 4 is 46.5 Å². The van der Waals surface area contributed by atoms with Crippen LogP contribution in [-0.2, 0) is 11.8 Å². The third-order valence-corrected chi connectivity index (χ3v) is 7.12. The second-order valence-corrected chi connectivity index (χ2v) is 9.08. The normalized spacial score (nSPS) is 14.2. The largest absolute Gasteiger partial charge is 0.338 e. The smallest absolute Gasteiger partial charge is 0.264 e.